The van der Waals surface area contributed by atoms with Crippen LogP contribution < -0.4 is 20.1 Å². The van der Waals surface area contributed by atoms with Crippen LogP contribution in [0.25, 0.3) is 0 Å². The minimum absolute atomic E-state index is 0.208. The Morgan fingerprint density at radius 2 is 2.16 bits per heavy atom. The van der Waals surface area contributed by atoms with Crippen molar-refractivity contribution < 1.29 is 9.47 Å². The molecular weight excluding hydrogens is 334 g/mol. The van der Waals surface area contributed by atoms with Crippen molar-refractivity contribution in [3.8, 4) is 23.8 Å². The molecule has 0 saturated carbocycles. The van der Waals surface area contributed by atoms with Crippen LogP contribution in [0, 0.1) is 12.3 Å². The summed E-state index contributed by atoms with van der Waals surface area (Å²) in [5.41, 5.74) is 1.05. The molecule has 0 aliphatic rings. The van der Waals surface area contributed by atoms with Crippen LogP contribution in [0.1, 0.15) is 10.4 Å². The lowest BCUT2D eigenvalue weighted by Crippen LogP contribution is -2.37. The van der Waals surface area contributed by atoms with E-state index >= 15 is 0 Å². The summed E-state index contributed by atoms with van der Waals surface area (Å²) in [4.78, 5) is 5.60. The van der Waals surface area contributed by atoms with E-state index in [1.165, 1.54) is 4.88 Å². The summed E-state index contributed by atoms with van der Waals surface area (Å²) in [6.45, 7) is 1.66. The summed E-state index contributed by atoms with van der Waals surface area (Å²) >= 11 is 1.76. The van der Waals surface area contributed by atoms with Gasteiger partial charge in [0.05, 0.1) is 7.11 Å². The highest BCUT2D eigenvalue weighted by atomic mass is 32.1. The lowest BCUT2D eigenvalue weighted by molar-refractivity contribution is 0.330. The molecule has 25 heavy (non-hydrogen) atoms. The van der Waals surface area contributed by atoms with Gasteiger partial charge in [-0.2, -0.15) is 0 Å². The van der Waals surface area contributed by atoms with Crippen molar-refractivity contribution in [1.82, 2.24) is 10.6 Å². The van der Waals surface area contributed by atoms with Crippen LogP contribution in [-0.4, -0.2) is 33.3 Å². The van der Waals surface area contributed by atoms with E-state index in [4.69, 9.17) is 15.9 Å². The number of nitrogens with one attached hydrogen (secondary N) is 2. The summed E-state index contributed by atoms with van der Waals surface area (Å²) in [5.74, 6) is 4.53. The Balaban J connectivity index is 1.86. The molecule has 0 bridgehead atoms. The van der Waals surface area contributed by atoms with Gasteiger partial charge in [0.15, 0.2) is 17.5 Å². The Kier molecular flexibility index (Phi) is 7.67. The van der Waals surface area contributed by atoms with Gasteiger partial charge >= 0.3 is 0 Å². The van der Waals surface area contributed by atoms with E-state index in [0.29, 0.717) is 18.0 Å². The average molecular weight is 357 g/mol. The largest absolute Gasteiger partial charge is 0.493 e. The summed E-state index contributed by atoms with van der Waals surface area (Å²) in [5, 5.41) is 8.69. The monoisotopic (exact) mass is 357 g/mol. The lowest BCUT2D eigenvalue weighted by atomic mass is 10.2. The predicted octanol–water partition coefficient (Wildman–Crippen LogP) is 2.68. The van der Waals surface area contributed by atoms with Crippen molar-refractivity contribution in [1.29, 1.82) is 0 Å². The fraction of sp³-hybridized carbons (Fsp3) is 0.316. The Morgan fingerprint density at radius 3 is 2.84 bits per heavy atom. The molecule has 6 heteroatoms. The number of aliphatic imine (C=N–C) groups is 1. The van der Waals surface area contributed by atoms with Crippen molar-refractivity contribution in [2.24, 2.45) is 4.99 Å². The molecule has 2 rings (SSSR count). The molecule has 132 valence electrons. The Hall–Kier alpha value is -2.65. The number of hydrogen-bond acceptors (Lipinski definition) is 4. The highest BCUT2D eigenvalue weighted by Gasteiger charge is 2.06. The van der Waals surface area contributed by atoms with Crippen LogP contribution in [0.4, 0.5) is 0 Å². The van der Waals surface area contributed by atoms with Crippen molar-refractivity contribution in [3.05, 3.63) is 46.2 Å². The van der Waals surface area contributed by atoms with Crippen LogP contribution in [0.5, 0.6) is 11.5 Å². The van der Waals surface area contributed by atoms with E-state index in [2.05, 4.69) is 39.1 Å². The van der Waals surface area contributed by atoms with Crippen molar-refractivity contribution >= 4 is 17.3 Å². The third-order valence-corrected chi connectivity index (χ3v) is 4.40. The second-order valence-electron chi connectivity index (χ2n) is 5.16. The zero-order valence-corrected chi connectivity index (χ0v) is 15.4. The highest BCUT2D eigenvalue weighted by molar-refractivity contribution is 7.09. The fourth-order valence-corrected chi connectivity index (χ4v) is 2.94. The molecule has 5 nitrogen and oxygen atoms in total. The summed E-state index contributed by atoms with van der Waals surface area (Å²) < 4.78 is 10.8. The molecule has 1 heterocycles. The molecule has 0 amide bonds. The first-order valence-corrected chi connectivity index (χ1v) is 8.85. The van der Waals surface area contributed by atoms with Crippen LogP contribution in [0.3, 0.4) is 0 Å². The normalized spacial score (nSPS) is 10.8. The highest BCUT2D eigenvalue weighted by Crippen LogP contribution is 2.27. The smallest absolute Gasteiger partial charge is 0.191 e. The molecule has 0 unspecified atom stereocenters. The van der Waals surface area contributed by atoms with Gasteiger partial charge < -0.3 is 20.1 Å². The standard InChI is InChI=1S/C19H23N3O2S/c1-4-11-24-18-13-15(7-8-17(18)23-3)14-22-19(20-2)21-10-9-16-6-5-12-25-16/h1,5-8,12-13H,9-11,14H2,2-3H3,(H2,20,21,22). The zero-order valence-electron chi connectivity index (χ0n) is 14.5. The lowest BCUT2D eigenvalue weighted by Gasteiger charge is -2.14. The molecule has 0 aliphatic carbocycles. The number of hydrogen-bond donors (Lipinski definition) is 2. The minimum atomic E-state index is 0.208. The number of thiophene rings is 1. The third kappa shape index (κ3) is 6.05. The number of rotatable bonds is 8. The first-order valence-electron chi connectivity index (χ1n) is 7.97. The van der Waals surface area contributed by atoms with Gasteiger partial charge in [-0.3, -0.25) is 4.99 Å². The van der Waals surface area contributed by atoms with Gasteiger partial charge in [0.1, 0.15) is 6.61 Å². The molecule has 2 aromatic rings. The topological polar surface area (TPSA) is 54.9 Å². The van der Waals surface area contributed by atoms with E-state index in [0.717, 1.165) is 24.5 Å². The molecule has 0 atom stereocenters. The molecule has 1 aromatic carbocycles. The molecule has 2 N–H and O–H groups in total. The summed E-state index contributed by atoms with van der Waals surface area (Å²) in [6.07, 6.45) is 6.23. The molecule has 0 fully saturated rings. The van der Waals surface area contributed by atoms with Gasteiger partial charge in [0.2, 0.25) is 0 Å². The molecule has 0 radical (unpaired) electrons. The quantitative estimate of drug-likeness (QED) is 0.433. The van der Waals surface area contributed by atoms with Gasteiger partial charge in [-0.05, 0) is 35.6 Å². The van der Waals surface area contributed by atoms with Gasteiger partial charge in [0.25, 0.3) is 0 Å². The number of methoxy groups -OCH3 is 1. The van der Waals surface area contributed by atoms with Gasteiger partial charge in [-0.25, -0.2) is 0 Å². The molecule has 1 aromatic heterocycles. The number of ether oxygens (including phenoxy) is 2. The van der Waals surface area contributed by atoms with Gasteiger partial charge in [-0.15, -0.1) is 17.8 Å². The molecule has 0 aliphatic heterocycles. The first-order chi connectivity index (χ1) is 12.3. The van der Waals surface area contributed by atoms with Crippen LogP contribution in [0.15, 0.2) is 40.7 Å². The molecular formula is C19H23N3O2S. The van der Waals surface area contributed by atoms with Crippen LogP contribution in [0.2, 0.25) is 0 Å². The maximum Gasteiger partial charge on any atom is 0.191 e. The number of terminal acetylenes is 1. The second kappa shape index (κ2) is 10.3. The Bertz CT molecular complexity index is 721. The summed E-state index contributed by atoms with van der Waals surface area (Å²) in [6, 6.07) is 9.97. The average Bonchev–Trinajstić information content (AvgIpc) is 3.16. The number of benzene rings is 1. The molecule has 0 spiro atoms. The SMILES string of the molecule is C#CCOc1cc(CNC(=NC)NCCc2cccs2)ccc1OC. The van der Waals surface area contributed by atoms with Crippen LogP contribution in [-0.2, 0) is 13.0 Å². The van der Waals surface area contributed by atoms with Crippen molar-refractivity contribution in [2.75, 3.05) is 27.3 Å². The maximum absolute atomic E-state index is 5.52. The zero-order chi connectivity index (χ0) is 17.9. The first kappa shape index (κ1) is 18.7. The predicted molar refractivity (Wildman–Crippen MR) is 104 cm³/mol. The van der Waals surface area contributed by atoms with Crippen molar-refractivity contribution in [2.45, 2.75) is 13.0 Å². The maximum atomic E-state index is 5.52. The van der Waals surface area contributed by atoms with E-state index in [1.807, 2.05) is 18.2 Å². The number of guanidine groups is 1. The Morgan fingerprint density at radius 1 is 1.28 bits per heavy atom. The van der Waals surface area contributed by atoms with E-state index in [9.17, 15) is 0 Å². The third-order valence-electron chi connectivity index (χ3n) is 3.47. The second-order valence-corrected chi connectivity index (χ2v) is 6.19. The minimum Gasteiger partial charge on any atom is -0.493 e. The molecule has 0 saturated heterocycles. The van der Waals surface area contributed by atoms with Crippen molar-refractivity contribution in [3.63, 3.8) is 0 Å². The number of nitrogens with zero attached hydrogens (tertiary/aromatic N) is 1. The van der Waals surface area contributed by atoms with Gasteiger partial charge in [0, 0.05) is 25.0 Å². The van der Waals surface area contributed by atoms with Gasteiger partial charge in [-0.1, -0.05) is 18.1 Å². The Labute approximate surface area is 153 Å². The van der Waals surface area contributed by atoms with E-state index in [1.54, 1.807) is 25.5 Å². The fourth-order valence-electron chi connectivity index (χ4n) is 2.23. The van der Waals surface area contributed by atoms with Crippen LogP contribution >= 0.6 is 11.3 Å². The van der Waals surface area contributed by atoms with E-state index in [-0.39, 0.29) is 6.61 Å². The summed E-state index contributed by atoms with van der Waals surface area (Å²) in [7, 11) is 3.37. The van der Waals surface area contributed by atoms with E-state index < -0.39 is 0 Å².